The molecule has 0 spiro atoms. The second kappa shape index (κ2) is 4.34. The Kier molecular flexibility index (Phi) is 2.90. The molecule has 1 aliphatic heterocycles. The first-order valence-corrected chi connectivity index (χ1v) is 6.96. The van der Waals surface area contributed by atoms with Gasteiger partial charge in [-0.3, -0.25) is 4.79 Å². The van der Waals surface area contributed by atoms with Crippen LogP contribution in [-0.4, -0.2) is 17.5 Å². The molecule has 1 N–H and O–H groups in total. The largest absolute Gasteiger partial charge is 0.306 e. The number of nitrogens with one attached hydrogen (secondary N) is 1. The average Bonchev–Trinajstić information content (AvgIpc) is 2.71. The van der Waals surface area contributed by atoms with Gasteiger partial charge in [0.2, 0.25) is 0 Å². The monoisotopic (exact) mass is 276 g/mol. The number of hydrogen-bond donors (Lipinski definition) is 1. The number of carbonyl (C=O) groups excluding carboxylic acids is 1. The van der Waals surface area contributed by atoms with E-state index in [-0.39, 0.29) is 23.2 Å². The van der Waals surface area contributed by atoms with Crippen LogP contribution in [0, 0.1) is 11.3 Å². The summed E-state index contributed by atoms with van der Waals surface area (Å²) in [7, 11) is 0. The number of halogens is 1. The van der Waals surface area contributed by atoms with E-state index in [4.69, 9.17) is 11.6 Å². The minimum atomic E-state index is -0.145. The molecule has 2 atom stereocenters. The third-order valence-electron chi connectivity index (χ3n) is 3.97. The zero-order chi connectivity index (χ0) is 13.6. The molecule has 0 unspecified atom stereocenters. The third kappa shape index (κ3) is 2.16. The fourth-order valence-electron chi connectivity index (χ4n) is 3.17. The summed E-state index contributed by atoms with van der Waals surface area (Å²) in [5.41, 5.74) is 4.86. The van der Waals surface area contributed by atoms with Crippen molar-refractivity contribution in [3.63, 3.8) is 0 Å². The van der Waals surface area contributed by atoms with Crippen LogP contribution in [0.5, 0.6) is 0 Å². The fourth-order valence-corrected chi connectivity index (χ4v) is 3.41. The lowest BCUT2D eigenvalue weighted by Crippen LogP contribution is -2.45. The maximum absolute atomic E-state index is 12.4. The Morgan fingerprint density at radius 2 is 2.11 bits per heavy atom. The van der Waals surface area contributed by atoms with Crippen LogP contribution in [0.1, 0.15) is 32.3 Å². The lowest BCUT2D eigenvalue weighted by atomic mass is 9.68. The molecule has 1 heterocycles. The average molecular weight is 277 g/mol. The van der Waals surface area contributed by atoms with Crippen LogP contribution >= 0.6 is 11.6 Å². The maximum atomic E-state index is 12.4. The Morgan fingerprint density at radius 3 is 2.84 bits per heavy atom. The molecule has 19 heavy (non-hydrogen) atoms. The topological polar surface area (TPSA) is 41.5 Å². The highest BCUT2D eigenvalue weighted by Gasteiger charge is 2.46. The number of carbonyl (C=O) groups is 1. The molecule has 1 aliphatic carbocycles. The zero-order valence-corrected chi connectivity index (χ0v) is 11.9. The van der Waals surface area contributed by atoms with Crippen LogP contribution in [0.15, 0.2) is 29.4 Å². The Balaban J connectivity index is 1.95. The molecule has 2 aliphatic rings. The van der Waals surface area contributed by atoms with Gasteiger partial charge in [0.1, 0.15) is 5.78 Å². The summed E-state index contributed by atoms with van der Waals surface area (Å²) in [5.74, 6) is 0.123. The van der Waals surface area contributed by atoms with Gasteiger partial charge in [0.15, 0.2) is 0 Å². The molecule has 4 heteroatoms. The highest BCUT2D eigenvalue weighted by atomic mass is 35.5. The van der Waals surface area contributed by atoms with E-state index < -0.39 is 0 Å². The summed E-state index contributed by atoms with van der Waals surface area (Å²) in [6.07, 6.45) is 1.57. The van der Waals surface area contributed by atoms with Crippen molar-refractivity contribution in [2.45, 2.75) is 32.7 Å². The van der Waals surface area contributed by atoms with Gasteiger partial charge < -0.3 is 5.43 Å². The van der Waals surface area contributed by atoms with Crippen LogP contribution in [0.25, 0.3) is 0 Å². The molecule has 100 valence electrons. The Morgan fingerprint density at radius 1 is 1.37 bits per heavy atom. The molecule has 3 nitrogen and oxygen atoms in total. The Bertz CT molecular complexity index is 565. The van der Waals surface area contributed by atoms with Crippen molar-refractivity contribution < 1.29 is 4.79 Å². The van der Waals surface area contributed by atoms with E-state index >= 15 is 0 Å². The Labute approximate surface area is 118 Å². The van der Waals surface area contributed by atoms with E-state index in [0.29, 0.717) is 11.4 Å². The van der Waals surface area contributed by atoms with E-state index in [0.717, 1.165) is 17.7 Å². The lowest BCUT2D eigenvalue weighted by Gasteiger charge is -2.36. The quantitative estimate of drug-likeness (QED) is 0.857. The highest BCUT2D eigenvalue weighted by Crippen LogP contribution is 2.40. The second-order valence-corrected chi connectivity index (χ2v) is 6.61. The summed E-state index contributed by atoms with van der Waals surface area (Å²) in [5, 5.41) is 5.04. The molecular weight excluding hydrogens is 260 g/mol. The predicted octanol–water partition coefficient (Wildman–Crippen LogP) is 3.02. The zero-order valence-electron chi connectivity index (χ0n) is 11.1. The molecule has 0 radical (unpaired) electrons. The van der Waals surface area contributed by atoms with E-state index in [1.165, 1.54) is 0 Å². The van der Waals surface area contributed by atoms with Crippen molar-refractivity contribution in [1.82, 2.24) is 5.43 Å². The van der Waals surface area contributed by atoms with Crippen LogP contribution in [-0.2, 0) is 4.79 Å². The van der Waals surface area contributed by atoms with Crippen molar-refractivity contribution in [2.24, 2.45) is 16.4 Å². The first kappa shape index (κ1) is 12.7. The first-order chi connectivity index (χ1) is 8.98. The number of benzene rings is 1. The molecule has 3 rings (SSSR count). The number of nitrogens with zero attached hydrogens (tertiary/aromatic N) is 1. The lowest BCUT2D eigenvalue weighted by molar-refractivity contribution is -0.126. The van der Waals surface area contributed by atoms with Crippen molar-refractivity contribution in [1.29, 1.82) is 0 Å². The van der Waals surface area contributed by atoms with Crippen molar-refractivity contribution in [2.75, 3.05) is 0 Å². The summed E-state index contributed by atoms with van der Waals surface area (Å²) in [6.45, 7) is 4.27. The van der Waals surface area contributed by atoms with Crippen LogP contribution < -0.4 is 5.43 Å². The fraction of sp³-hybridized carbons (Fsp3) is 0.467. The summed E-state index contributed by atoms with van der Waals surface area (Å²) in [4.78, 5) is 12.4. The normalized spacial score (nSPS) is 28.6. The number of Topliss-reactive ketones (excluding diaryl/α,β-unsaturated/α-hetero) is 1. The van der Waals surface area contributed by atoms with Crippen molar-refractivity contribution >= 4 is 23.1 Å². The molecule has 1 saturated carbocycles. The van der Waals surface area contributed by atoms with Gasteiger partial charge in [-0.2, -0.15) is 5.10 Å². The van der Waals surface area contributed by atoms with Gasteiger partial charge >= 0.3 is 0 Å². The van der Waals surface area contributed by atoms with Crippen LogP contribution in [0.4, 0.5) is 0 Å². The van der Waals surface area contributed by atoms with Gasteiger partial charge in [-0.1, -0.05) is 43.6 Å². The number of hydrazone groups is 1. The smallest absolute Gasteiger partial charge is 0.144 e. The standard InChI is InChI=1S/C15H17ClN2O/c1-15(2)7-11-13(12(19)8-15)14(18-17-11)9-5-3-4-6-10(9)16/h3-6,11,13,17H,7-8H2,1-2H3/t11-,13-/m0/s1. The molecule has 1 aromatic carbocycles. The van der Waals surface area contributed by atoms with Gasteiger partial charge in [0, 0.05) is 17.0 Å². The van der Waals surface area contributed by atoms with Gasteiger partial charge in [-0.15, -0.1) is 0 Å². The predicted molar refractivity (Wildman–Crippen MR) is 76.4 cm³/mol. The highest BCUT2D eigenvalue weighted by molar-refractivity contribution is 6.35. The minimum absolute atomic E-state index is 0.0523. The van der Waals surface area contributed by atoms with Crippen molar-refractivity contribution in [3.05, 3.63) is 34.9 Å². The number of fused-ring (bicyclic) bond motifs is 1. The van der Waals surface area contributed by atoms with Crippen molar-refractivity contribution in [3.8, 4) is 0 Å². The van der Waals surface area contributed by atoms with Crippen LogP contribution in [0.2, 0.25) is 5.02 Å². The number of ketones is 1. The molecule has 1 fully saturated rings. The van der Waals surface area contributed by atoms with Crippen LogP contribution in [0.3, 0.4) is 0 Å². The van der Waals surface area contributed by atoms with E-state index in [1.807, 2.05) is 24.3 Å². The van der Waals surface area contributed by atoms with E-state index in [2.05, 4.69) is 24.4 Å². The maximum Gasteiger partial charge on any atom is 0.144 e. The molecule has 0 aromatic heterocycles. The SMILES string of the molecule is CC1(C)CC(=O)[C@H]2C(c3ccccc3Cl)=NN[C@H]2C1. The summed E-state index contributed by atoms with van der Waals surface area (Å²) >= 11 is 6.22. The number of hydrogen-bond acceptors (Lipinski definition) is 3. The minimum Gasteiger partial charge on any atom is -0.306 e. The molecule has 0 saturated heterocycles. The van der Waals surface area contributed by atoms with Gasteiger partial charge in [0.05, 0.1) is 17.7 Å². The van der Waals surface area contributed by atoms with Gasteiger partial charge in [-0.25, -0.2) is 0 Å². The molecule has 0 amide bonds. The second-order valence-electron chi connectivity index (χ2n) is 6.20. The summed E-state index contributed by atoms with van der Waals surface area (Å²) < 4.78 is 0. The third-order valence-corrected chi connectivity index (χ3v) is 4.30. The number of rotatable bonds is 1. The van der Waals surface area contributed by atoms with E-state index in [1.54, 1.807) is 0 Å². The van der Waals surface area contributed by atoms with Gasteiger partial charge in [-0.05, 0) is 17.9 Å². The first-order valence-electron chi connectivity index (χ1n) is 6.59. The molecule has 0 bridgehead atoms. The van der Waals surface area contributed by atoms with E-state index in [9.17, 15) is 4.79 Å². The van der Waals surface area contributed by atoms with Gasteiger partial charge in [0.25, 0.3) is 0 Å². The molecular formula is C15H17ClN2O. The Hall–Kier alpha value is -1.35. The summed E-state index contributed by atoms with van der Waals surface area (Å²) in [6, 6.07) is 7.69. The molecule has 1 aromatic rings.